The summed E-state index contributed by atoms with van der Waals surface area (Å²) in [4.78, 5) is 29.2. The van der Waals surface area contributed by atoms with E-state index < -0.39 is 17.9 Å². The van der Waals surface area contributed by atoms with Gasteiger partial charge in [-0.1, -0.05) is 0 Å². The lowest BCUT2D eigenvalue weighted by molar-refractivity contribution is -0.145. The molecule has 0 spiro atoms. The number of thiazole rings is 1. The third-order valence-electron chi connectivity index (χ3n) is 3.30. The summed E-state index contributed by atoms with van der Waals surface area (Å²) in [6.45, 7) is 1.87. The largest absolute Gasteiger partial charge is 0.481 e. The maximum absolute atomic E-state index is 11.9. The second-order valence-corrected chi connectivity index (χ2v) is 5.50. The first-order valence-electron chi connectivity index (χ1n) is 5.91. The molecule has 18 heavy (non-hydrogen) atoms. The molecule has 0 radical (unpaired) electrons. The molecule has 1 aliphatic heterocycles. The molecule has 1 aliphatic rings. The molecule has 2 heterocycles. The highest BCUT2D eigenvalue weighted by atomic mass is 32.1. The van der Waals surface area contributed by atoms with E-state index in [-0.39, 0.29) is 5.91 Å². The third kappa shape index (κ3) is 2.38. The minimum Gasteiger partial charge on any atom is -0.481 e. The predicted molar refractivity (Wildman–Crippen MR) is 67.3 cm³/mol. The molecule has 98 valence electrons. The van der Waals surface area contributed by atoms with E-state index in [1.54, 1.807) is 11.9 Å². The summed E-state index contributed by atoms with van der Waals surface area (Å²) in [6.07, 6.45) is 1.57. The second kappa shape index (κ2) is 5.06. The molecule has 1 aromatic heterocycles. The summed E-state index contributed by atoms with van der Waals surface area (Å²) >= 11 is 1.42. The molecule has 1 fully saturated rings. The van der Waals surface area contributed by atoms with Crippen LogP contribution < -0.4 is 0 Å². The van der Waals surface area contributed by atoms with Crippen molar-refractivity contribution < 1.29 is 14.7 Å². The fourth-order valence-electron chi connectivity index (χ4n) is 2.34. The molecule has 0 saturated carbocycles. The fourth-order valence-corrected chi connectivity index (χ4v) is 3.34. The number of aryl methyl sites for hydroxylation is 1. The SMILES string of the molecule is Cc1csc(C2C(C(=O)O)CCCC(=O)N2C)n1. The van der Waals surface area contributed by atoms with Crippen LogP contribution in [0.4, 0.5) is 0 Å². The molecule has 0 aliphatic carbocycles. The molecule has 0 aromatic carbocycles. The van der Waals surface area contributed by atoms with Crippen molar-refractivity contribution in [2.45, 2.75) is 32.2 Å². The van der Waals surface area contributed by atoms with Gasteiger partial charge in [-0.25, -0.2) is 4.98 Å². The number of amides is 1. The Morgan fingerprint density at radius 1 is 1.61 bits per heavy atom. The van der Waals surface area contributed by atoms with E-state index in [0.717, 1.165) is 10.7 Å². The molecule has 1 saturated heterocycles. The Labute approximate surface area is 109 Å². The monoisotopic (exact) mass is 268 g/mol. The lowest BCUT2D eigenvalue weighted by Gasteiger charge is -2.28. The van der Waals surface area contributed by atoms with Gasteiger partial charge in [0, 0.05) is 24.5 Å². The Kier molecular flexibility index (Phi) is 3.65. The van der Waals surface area contributed by atoms with E-state index in [0.29, 0.717) is 19.3 Å². The number of carbonyl (C=O) groups is 2. The number of hydrogen-bond acceptors (Lipinski definition) is 4. The summed E-state index contributed by atoms with van der Waals surface area (Å²) in [6, 6.07) is -0.434. The predicted octanol–water partition coefficient (Wildman–Crippen LogP) is 1.84. The van der Waals surface area contributed by atoms with Crippen LogP contribution in [0.2, 0.25) is 0 Å². The Morgan fingerprint density at radius 2 is 2.33 bits per heavy atom. The fraction of sp³-hybridized carbons (Fsp3) is 0.583. The smallest absolute Gasteiger partial charge is 0.309 e. The number of carboxylic acids is 1. The number of carboxylic acid groups (broad SMARTS) is 1. The highest BCUT2D eigenvalue weighted by molar-refractivity contribution is 7.09. The summed E-state index contributed by atoms with van der Waals surface area (Å²) in [5.41, 5.74) is 0.865. The van der Waals surface area contributed by atoms with E-state index in [2.05, 4.69) is 4.98 Å². The zero-order valence-corrected chi connectivity index (χ0v) is 11.2. The van der Waals surface area contributed by atoms with Crippen molar-refractivity contribution in [1.82, 2.24) is 9.88 Å². The van der Waals surface area contributed by atoms with Gasteiger partial charge < -0.3 is 10.0 Å². The van der Waals surface area contributed by atoms with Crippen LogP contribution in [0.5, 0.6) is 0 Å². The van der Waals surface area contributed by atoms with Crippen LogP contribution in [-0.4, -0.2) is 33.9 Å². The average Bonchev–Trinajstić information content (AvgIpc) is 2.66. The standard InChI is InChI=1S/C12H16N2O3S/c1-7-6-18-11(13-7)10-8(12(16)17)4-3-5-9(15)14(10)2/h6,8,10H,3-5H2,1-2H3,(H,16,17). The van der Waals surface area contributed by atoms with Crippen LogP contribution in [0.3, 0.4) is 0 Å². The van der Waals surface area contributed by atoms with Crippen molar-refractivity contribution in [3.8, 4) is 0 Å². The summed E-state index contributed by atoms with van der Waals surface area (Å²) in [5.74, 6) is -1.42. The minimum atomic E-state index is -0.852. The van der Waals surface area contributed by atoms with Crippen molar-refractivity contribution in [2.75, 3.05) is 7.05 Å². The zero-order valence-electron chi connectivity index (χ0n) is 10.4. The van der Waals surface area contributed by atoms with E-state index in [1.807, 2.05) is 12.3 Å². The van der Waals surface area contributed by atoms with E-state index in [4.69, 9.17) is 0 Å². The van der Waals surface area contributed by atoms with Crippen LogP contribution in [0.25, 0.3) is 0 Å². The third-order valence-corrected chi connectivity index (χ3v) is 4.34. The van der Waals surface area contributed by atoms with E-state index >= 15 is 0 Å². The van der Waals surface area contributed by atoms with Crippen molar-refractivity contribution in [1.29, 1.82) is 0 Å². The molecule has 1 N–H and O–H groups in total. The van der Waals surface area contributed by atoms with Crippen LogP contribution >= 0.6 is 11.3 Å². The van der Waals surface area contributed by atoms with Gasteiger partial charge in [-0.05, 0) is 19.8 Å². The quantitative estimate of drug-likeness (QED) is 0.888. The topological polar surface area (TPSA) is 70.5 Å². The van der Waals surface area contributed by atoms with Gasteiger partial charge in [-0.3, -0.25) is 9.59 Å². The van der Waals surface area contributed by atoms with Crippen LogP contribution in [-0.2, 0) is 9.59 Å². The van der Waals surface area contributed by atoms with Gasteiger partial charge in [-0.2, -0.15) is 0 Å². The second-order valence-electron chi connectivity index (χ2n) is 4.61. The number of likely N-dealkylation sites (tertiary alicyclic amines) is 1. The molecule has 1 amide bonds. The molecule has 2 rings (SSSR count). The number of aliphatic carboxylic acids is 1. The normalized spacial score (nSPS) is 25.0. The minimum absolute atomic E-state index is 0.00315. The maximum Gasteiger partial charge on any atom is 0.309 e. The van der Waals surface area contributed by atoms with Gasteiger partial charge in [0.2, 0.25) is 5.91 Å². The lowest BCUT2D eigenvalue weighted by Crippen LogP contribution is -2.36. The molecule has 2 atom stereocenters. The maximum atomic E-state index is 11.9. The first-order chi connectivity index (χ1) is 8.50. The van der Waals surface area contributed by atoms with Crippen LogP contribution in [0.1, 0.15) is 36.0 Å². The van der Waals surface area contributed by atoms with Gasteiger partial charge in [0.1, 0.15) is 5.01 Å². The lowest BCUT2D eigenvalue weighted by atomic mass is 9.95. The van der Waals surface area contributed by atoms with Gasteiger partial charge in [-0.15, -0.1) is 11.3 Å². The summed E-state index contributed by atoms with van der Waals surface area (Å²) in [7, 11) is 1.67. The number of nitrogens with zero attached hydrogens (tertiary/aromatic N) is 2. The van der Waals surface area contributed by atoms with E-state index in [9.17, 15) is 14.7 Å². The van der Waals surface area contributed by atoms with Gasteiger partial charge in [0.15, 0.2) is 0 Å². The summed E-state index contributed by atoms with van der Waals surface area (Å²) < 4.78 is 0. The zero-order chi connectivity index (χ0) is 13.3. The summed E-state index contributed by atoms with van der Waals surface area (Å²) in [5, 5.41) is 12.0. The van der Waals surface area contributed by atoms with Gasteiger partial charge in [0.05, 0.1) is 12.0 Å². The van der Waals surface area contributed by atoms with Gasteiger partial charge >= 0.3 is 5.97 Å². The number of carbonyl (C=O) groups excluding carboxylic acids is 1. The first kappa shape index (κ1) is 13.0. The Morgan fingerprint density at radius 3 is 2.89 bits per heavy atom. The molecular weight excluding hydrogens is 252 g/mol. The number of hydrogen-bond donors (Lipinski definition) is 1. The molecular formula is C12H16N2O3S. The van der Waals surface area contributed by atoms with Crippen molar-refractivity contribution >= 4 is 23.2 Å². The van der Waals surface area contributed by atoms with E-state index in [1.165, 1.54) is 11.3 Å². The van der Waals surface area contributed by atoms with Crippen molar-refractivity contribution in [2.24, 2.45) is 5.92 Å². The highest BCUT2D eigenvalue weighted by Crippen LogP contribution is 2.36. The molecule has 5 nitrogen and oxygen atoms in total. The van der Waals surface area contributed by atoms with Crippen molar-refractivity contribution in [3.05, 3.63) is 16.1 Å². The van der Waals surface area contributed by atoms with Crippen LogP contribution in [0.15, 0.2) is 5.38 Å². The highest BCUT2D eigenvalue weighted by Gasteiger charge is 2.38. The van der Waals surface area contributed by atoms with Gasteiger partial charge in [0.25, 0.3) is 0 Å². The molecule has 2 unspecified atom stereocenters. The number of rotatable bonds is 2. The average molecular weight is 268 g/mol. The Hall–Kier alpha value is -1.43. The first-order valence-corrected chi connectivity index (χ1v) is 6.79. The van der Waals surface area contributed by atoms with Crippen molar-refractivity contribution in [3.63, 3.8) is 0 Å². The molecule has 6 heteroatoms. The Bertz CT molecular complexity index is 472. The van der Waals surface area contributed by atoms with Crippen LogP contribution in [0, 0.1) is 12.8 Å². The number of aromatic nitrogens is 1. The molecule has 1 aromatic rings. The Balaban J connectivity index is 2.40. The molecule has 0 bridgehead atoms.